The molecule has 0 radical (unpaired) electrons. The number of hydrogen-bond donors (Lipinski definition) is 3. The number of hydrogen-bond acceptors (Lipinski definition) is 5. The molecule has 4 aromatic carbocycles. The quantitative estimate of drug-likeness (QED) is 0.194. The van der Waals surface area contributed by atoms with E-state index in [1.54, 1.807) is 37.8 Å². The molecule has 4 aromatic rings. The molecule has 236 valence electrons. The number of benzene rings is 4. The van der Waals surface area contributed by atoms with Crippen LogP contribution in [0.4, 0.5) is 10.5 Å². The van der Waals surface area contributed by atoms with Crippen LogP contribution in [0.15, 0.2) is 91.0 Å². The van der Waals surface area contributed by atoms with E-state index in [0.717, 1.165) is 16.3 Å². The Bertz CT molecular complexity index is 1670. The molecule has 0 spiro atoms. The summed E-state index contributed by atoms with van der Waals surface area (Å²) >= 11 is 0. The lowest BCUT2D eigenvalue weighted by molar-refractivity contribution is -0.146. The minimum atomic E-state index is -1.08. The standard InChI is InChI=1S/C37H43N3O5/c1-24-12-8-11-15-30(24)32(33(42)38-28-19-18-26-13-9-10-14-27(26)23-28)40(36(2,3)4)34(43)31(39-35(44)45-37(5,6)7)22-25-16-20-29(41)21-17-25/h8-21,23,31-32,41H,22H2,1-7H3,(H,38,42)(H,39,44). The van der Waals surface area contributed by atoms with Gasteiger partial charge in [-0.05, 0) is 100 Å². The topological polar surface area (TPSA) is 108 Å². The zero-order valence-electron chi connectivity index (χ0n) is 27.0. The van der Waals surface area contributed by atoms with Crippen LogP contribution in [0.3, 0.4) is 0 Å². The molecule has 0 saturated heterocycles. The number of ether oxygens (including phenoxy) is 1. The molecule has 2 atom stereocenters. The molecule has 0 aromatic heterocycles. The lowest BCUT2D eigenvalue weighted by Gasteiger charge is -2.43. The Labute approximate surface area is 265 Å². The number of fused-ring (bicyclic) bond motifs is 1. The van der Waals surface area contributed by atoms with Crippen LogP contribution in [-0.4, -0.2) is 45.1 Å². The molecule has 45 heavy (non-hydrogen) atoms. The molecule has 0 bridgehead atoms. The van der Waals surface area contributed by atoms with E-state index in [2.05, 4.69) is 10.6 Å². The Morgan fingerprint density at radius 1 is 0.822 bits per heavy atom. The van der Waals surface area contributed by atoms with Crippen molar-refractivity contribution >= 4 is 34.4 Å². The third-order valence-electron chi connectivity index (χ3n) is 7.33. The van der Waals surface area contributed by atoms with Crippen molar-refractivity contribution in [3.63, 3.8) is 0 Å². The average Bonchev–Trinajstić information content (AvgIpc) is 2.95. The van der Waals surface area contributed by atoms with Crippen LogP contribution in [-0.2, 0) is 20.7 Å². The first-order valence-electron chi connectivity index (χ1n) is 15.1. The number of phenolic OH excluding ortho intramolecular Hbond substituents is 1. The van der Waals surface area contributed by atoms with Crippen LogP contribution in [0.5, 0.6) is 5.75 Å². The molecule has 0 heterocycles. The van der Waals surface area contributed by atoms with Gasteiger partial charge in [0.2, 0.25) is 5.91 Å². The van der Waals surface area contributed by atoms with Gasteiger partial charge in [-0.25, -0.2) is 4.79 Å². The molecule has 2 unspecified atom stereocenters. The summed E-state index contributed by atoms with van der Waals surface area (Å²) in [6, 6.07) is 25.4. The van der Waals surface area contributed by atoms with Crippen molar-refractivity contribution in [3.8, 4) is 5.75 Å². The molecule has 0 fully saturated rings. The van der Waals surface area contributed by atoms with E-state index in [9.17, 15) is 19.5 Å². The minimum absolute atomic E-state index is 0.0861. The summed E-state index contributed by atoms with van der Waals surface area (Å²) in [7, 11) is 0. The van der Waals surface area contributed by atoms with Crippen molar-refractivity contribution in [2.45, 2.75) is 78.1 Å². The second kappa shape index (κ2) is 13.4. The second-order valence-electron chi connectivity index (χ2n) is 13.3. The van der Waals surface area contributed by atoms with Crippen LogP contribution in [0.25, 0.3) is 10.8 Å². The number of rotatable bonds is 8. The lowest BCUT2D eigenvalue weighted by Crippen LogP contribution is -2.58. The molecule has 0 aliphatic rings. The largest absolute Gasteiger partial charge is 0.508 e. The van der Waals surface area contributed by atoms with Crippen LogP contribution >= 0.6 is 0 Å². The molecule has 3 N–H and O–H groups in total. The minimum Gasteiger partial charge on any atom is -0.508 e. The van der Waals surface area contributed by atoms with Gasteiger partial charge in [-0.1, -0.05) is 66.7 Å². The van der Waals surface area contributed by atoms with Crippen LogP contribution in [0.2, 0.25) is 0 Å². The Morgan fingerprint density at radius 3 is 2.07 bits per heavy atom. The first-order chi connectivity index (χ1) is 21.1. The SMILES string of the molecule is Cc1ccccc1C(C(=O)Nc1ccc2ccccc2c1)N(C(=O)C(Cc1ccc(O)cc1)NC(=O)OC(C)(C)C)C(C)(C)C. The number of nitrogens with one attached hydrogen (secondary N) is 2. The highest BCUT2D eigenvalue weighted by atomic mass is 16.6. The smallest absolute Gasteiger partial charge is 0.408 e. The molecular weight excluding hydrogens is 566 g/mol. The summed E-state index contributed by atoms with van der Waals surface area (Å²) < 4.78 is 5.53. The van der Waals surface area contributed by atoms with E-state index in [-0.39, 0.29) is 18.1 Å². The number of aryl methyl sites for hydroxylation is 1. The Morgan fingerprint density at radius 2 is 1.44 bits per heavy atom. The van der Waals surface area contributed by atoms with Crippen molar-refractivity contribution in [3.05, 3.63) is 108 Å². The second-order valence-corrected chi connectivity index (χ2v) is 13.3. The van der Waals surface area contributed by atoms with Gasteiger partial charge >= 0.3 is 6.09 Å². The fourth-order valence-corrected chi connectivity index (χ4v) is 5.30. The van der Waals surface area contributed by atoms with Gasteiger partial charge in [-0.3, -0.25) is 9.59 Å². The zero-order valence-corrected chi connectivity index (χ0v) is 27.0. The van der Waals surface area contributed by atoms with Crippen molar-refractivity contribution < 1.29 is 24.2 Å². The van der Waals surface area contributed by atoms with Crippen molar-refractivity contribution in [1.29, 1.82) is 0 Å². The highest BCUT2D eigenvalue weighted by Crippen LogP contribution is 2.33. The van der Waals surface area contributed by atoms with E-state index in [0.29, 0.717) is 16.8 Å². The van der Waals surface area contributed by atoms with E-state index in [1.165, 1.54) is 12.1 Å². The summed E-state index contributed by atoms with van der Waals surface area (Å²) in [5.41, 5.74) is 1.18. The van der Waals surface area contributed by atoms with E-state index in [4.69, 9.17) is 4.74 Å². The first-order valence-corrected chi connectivity index (χ1v) is 15.1. The monoisotopic (exact) mass is 609 g/mol. The van der Waals surface area contributed by atoms with E-state index in [1.807, 2.05) is 94.4 Å². The van der Waals surface area contributed by atoms with Crippen molar-refractivity contribution in [2.24, 2.45) is 0 Å². The van der Waals surface area contributed by atoms with Crippen LogP contribution in [0, 0.1) is 6.92 Å². The fourth-order valence-electron chi connectivity index (χ4n) is 5.30. The van der Waals surface area contributed by atoms with Gasteiger partial charge in [0.05, 0.1) is 0 Å². The van der Waals surface area contributed by atoms with Crippen LogP contribution < -0.4 is 10.6 Å². The van der Waals surface area contributed by atoms with Crippen LogP contribution in [0.1, 0.15) is 64.3 Å². The van der Waals surface area contributed by atoms with Gasteiger partial charge in [0.1, 0.15) is 23.4 Å². The summed E-state index contributed by atoms with van der Waals surface area (Å²) in [4.78, 5) is 43.7. The molecule has 8 heteroatoms. The number of anilines is 1. The van der Waals surface area contributed by atoms with Gasteiger partial charge in [0, 0.05) is 17.6 Å². The fraction of sp³-hybridized carbons (Fsp3) is 0.324. The number of phenols is 1. The van der Waals surface area contributed by atoms with Gasteiger partial charge < -0.3 is 25.4 Å². The van der Waals surface area contributed by atoms with E-state index < -0.39 is 35.2 Å². The molecule has 0 aliphatic carbocycles. The third-order valence-corrected chi connectivity index (χ3v) is 7.33. The van der Waals surface area contributed by atoms with E-state index >= 15 is 0 Å². The third kappa shape index (κ3) is 8.62. The molecule has 8 nitrogen and oxygen atoms in total. The van der Waals surface area contributed by atoms with Gasteiger partial charge in [-0.15, -0.1) is 0 Å². The van der Waals surface area contributed by atoms with Gasteiger partial charge in [0.25, 0.3) is 5.91 Å². The number of carbonyl (C=O) groups is 3. The first kappa shape index (κ1) is 33.1. The highest BCUT2D eigenvalue weighted by Gasteiger charge is 2.42. The number of carbonyl (C=O) groups excluding carboxylic acids is 3. The Kier molecular flexibility index (Phi) is 9.86. The van der Waals surface area contributed by atoms with Gasteiger partial charge in [-0.2, -0.15) is 0 Å². The molecule has 0 saturated carbocycles. The number of aromatic hydroxyl groups is 1. The predicted octanol–water partition coefficient (Wildman–Crippen LogP) is 7.30. The Hall–Kier alpha value is -4.85. The number of alkyl carbamates (subject to hydrolysis) is 1. The summed E-state index contributed by atoms with van der Waals surface area (Å²) in [5, 5.41) is 17.7. The number of amides is 3. The predicted molar refractivity (Wildman–Crippen MR) is 178 cm³/mol. The maximum Gasteiger partial charge on any atom is 0.408 e. The molecule has 0 aliphatic heterocycles. The lowest BCUT2D eigenvalue weighted by atomic mass is 9.92. The van der Waals surface area contributed by atoms with Gasteiger partial charge in [0.15, 0.2) is 0 Å². The normalized spacial score (nSPS) is 13.0. The number of nitrogens with zero attached hydrogens (tertiary/aromatic N) is 1. The summed E-state index contributed by atoms with van der Waals surface area (Å²) in [5.74, 6) is -0.755. The Balaban J connectivity index is 1.78. The van der Waals surface area contributed by atoms with Crippen molar-refractivity contribution in [2.75, 3.05) is 5.32 Å². The summed E-state index contributed by atoms with van der Waals surface area (Å²) in [6.45, 7) is 12.7. The average molecular weight is 610 g/mol. The maximum atomic E-state index is 14.7. The van der Waals surface area contributed by atoms with Crippen molar-refractivity contribution in [1.82, 2.24) is 10.2 Å². The zero-order chi connectivity index (χ0) is 32.9. The molecule has 4 rings (SSSR count). The molecular formula is C37H43N3O5. The molecule has 3 amide bonds. The maximum absolute atomic E-state index is 14.7. The highest BCUT2D eigenvalue weighted by molar-refractivity contribution is 6.01. The summed E-state index contributed by atoms with van der Waals surface area (Å²) in [6.07, 6.45) is -0.640.